The Balaban J connectivity index is 2.37. The number of H-pyrrole nitrogens is 1. The zero-order valence-electron chi connectivity index (χ0n) is 8.37. The summed E-state index contributed by atoms with van der Waals surface area (Å²) < 4.78 is 13.4. The number of hydrogen-bond donors (Lipinski definition) is 3. The van der Waals surface area contributed by atoms with Gasteiger partial charge in [-0.05, 0) is 18.2 Å². The van der Waals surface area contributed by atoms with Gasteiger partial charge in [0.05, 0.1) is 11.8 Å². The molecule has 0 amide bonds. The van der Waals surface area contributed by atoms with E-state index in [1.165, 1.54) is 18.2 Å². The van der Waals surface area contributed by atoms with Crippen LogP contribution in [0.4, 0.5) is 16.0 Å². The number of anilines is 2. The summed E-state index contributed by atoms with van der Waals surface area (Å²) in [6.45, 7) is 0. The lowest BCUT2D eigenvalue weighted by Gasteiger charge is -2.06. The molecule has 0 bridgehead atoms. The summed E-state index contributed by atoms with van der Waals surface area (Å²) in [5.74, 6) is -1.09. The maximum Gasteiger partial charge on any atom is 0.256 e. The average Bonchev–Trinajstić information content (AvgIpc) is 2.22. The first-order valence-corrected chi connectivity index (χ1v) is 4.95. The second kappa shape index (κ2) is 4.42. The molecular weight excluding hydrogens is 249 g/mol. The fraction of sp³-hybridized carbons (Fsp3) is 0. The number of halogens is 2. The molecule has 0 spiro atoms. The molecule has 88 valence electrons. The third kappa shape index (κ3) is 2.73. The Hall–Kier alpha value is -2.08. The monoisotopic (exact) mass is 255 g/mol. The van der Waals surface area contributed by atoms with Crippen LogP contribution < -0.4 is 10.9 Å². The van der Waals surface area contributed by atoms with E-state index in [1.807, 2.05) is 0 Å². The molecule has 1 aromatic heterocycles. The largest absolute Gasteiger partial charge is 0.493 e. The van der Waals surface area contributed by atoms with E-state index in [0.717, 1.165) is 6.07 Å². The number of aromatic nitrogens is 2. The smallest absolute Gasteiger partial charge is 0.256 e. The summed E-state index contributed by atoms with van der Waals surface area (Å²) >= 11 is 5.70. The van der Waals surface area contributed by atoms with Crippen molar-refractivity contribution in [2.24, 2.45) is 0 Å². The number of benzene rings is 1. The first kappa shape index (κ1) is 11.4. The van der Waals surface area contributed by atoms with Crippen molar-refractivity contribution < 1.29 is 9.50 Å². The average molecular weight is 256 g/mol. The molecule has 0 aliphatic carbocycles. The third-order valence-electron chi connectivity index (χ3n) is 1.91. The Kier molecular flexibility index (Phi) is 2.97. The van der Waals surface area contributed by atoms with Gasteiger partial charge in [0.2, 0.25) is 11.8 Å². The van der Waals surface area contributed by atoms with Crippen LogP contribution in [-0.2, 0) is 0 Å². The van der Waals surface area contributed by atoms with Gasteiger partial charge in [0.1, 0.15) is 5.82 Å². The number of rotatable bonds is 2. The molecule has 5 nitrogen and oxygen atoms in total. The maximum atomic E-state index is 13.4. The Morgan fingerprint density at radius 1 is 1.41 bits per heavy atom. The zero-order chi connectivity index (χ0) is 12.4. The van der Waals surface area contributed by atoms with E-state index in [1.54, 1.807) is 0 Å². The molecule has 3 N–H and O–H groups in total. The lowest BCUT2D eigenvalue weighted by molar-refractivity contribution is 0.452. The SMILES string of the molecule is O=c1cc(O)nc(Nc2cc(Cl)ccc2F)[nH]1. The summed E-state index contributed by atoms with van der Waals surface area (Å²) in [6, 6.07) is 4.80. The molecule has 7 heteroatoms. The van der Waals surface area contributed by atoms with Crippen molar-refractivity contribution in [1.29, 1.82) is 0 Å². The standard InChI is InChI=1S/C10H7ClFN3O2/c11-5-1-2-6(12)7(3-5)13-10-14-8(16)4-9(17)15-10/h1-4H,(H3,13,14,15,16,17). The number of aromatic amines is 1. The van der Waals surface area contributed by atoms with Crippen LogP contribution in [0.5, 0.6) is 5.88 Å². The molecule has 2 rings (SSSR count). The minimum Gasteiger partial charge on any atom is -0.493 e. The minimum atomic E-state index is -0.555. The van der Waals surface area contributed by atoms with Gasteiger partial charge in [-0.3, -0.25) is 9.78 Å². The summed E-state index contributed by atoms with van der Waals surface area (Å²) in [7, 11) is 0. The van der Waals surface area contributed by atoms with Crippen molar-refractivity contribution in [3.05, 3.63) is 45.5 Å². The highest BCUT2D eigenvalue weighted by Crippen LogP contribution is 2.21. The van der Waals surface area contributed by atoms with Crippen LogP contribution in [0.2, 0.25) is 5.02 Å². The highest BCUT2D eigenvalue weighted by atomic mass is 35.5. The van der Waals surface area contributed by atoms with Gasteiger partial charge in [0, 0.05) is 5.02 Å². The van der Waals surface area contributed by atoms with E-state index in [0.29, 0.717) is 5.02 Å². The minimum absolute atomic E-state index is 0.0475. The summed E-state index contributed by atoms with van der Waals surface area (Å²) in [6.07, 6.45) is 0. The molecule has 0 aliphatic heterocycles. The molecule has 0 fully saturated rings. The van der Waals surface area contributed by atoms with Crippen molar-refractivity contribution in [2.45, 2.75) is 0 Å². The Bertz CT molecular complexity index is 615. The van der Waals surface area contributed by atoms with Gasteiger partial charge >= 0.3 is 0 Å². The van der Waals surface area contributed by atoms with Crippen LogP contribution in [0.3, 0.4) is 0 Å². The molecule has 1 heterocycles. The Labute approximate surface area is 99.9 Å². The normalized spacial score (nSPS) is 10.2. The number of nitrogens with one attached hydrogen (secondary N) is 2. The highest BCUT2D eigenvalue weighted by molar-refractivity contribution is 6.30. The van der Waals surface area contributed by atoms with Gasteiger partial charge in [-0.1, -0.05) is 11.6 Å². The Morgan fingerprint density at radius 2 is 2.18 bits per heavy atom. The van der Waals surface area contributed by atoms with Gasteiger partial charge in [-0.15, -0.1) is 0 Å². The molecule has 0 unspecified atom stereocenters. The zero-order valence-corrected chi connectivity index (χ0v) is 9.12. The molecule has 0 saturated heterocycles. The highest BCUT2D eigenvalue weighted by Gasteiger charge is 2.05. The van der Waals surface area contributed by atoms with Gasteiger partial charge in [0.25, 0.3) is 5.56 Å². The molecule has 2 aromatic rings. The van der Waals surface area contributed by atoms with Crippen molar-refractivity contribution in [2.75, 3.05) is 5.32 Å². The Morgan fingerprint density at radius 3 is 2.88 bits per heavy atom. The first-order chi connectivity index (χ1) is 8.04. The van der Waals surface area contributed by atoms with Gasteiger partial charge < -0.3 is 10.4 Å². The fourth-order valence-electron chi connectivity index (χ4n) is 1.22. The van der Waals surface area contributed by atoms with Crippen LogP contribution in [-0.4, -0.2) is 15.1 Å². The van der Waals surface area contributed by atoms with Crippen LogP contribution in [0.1, 0.15) is 0 Å². The van der Waals surface area contributed by atoms with Crippen molar-refractivity contribution in [1.82, 2.24) is 9.97 Å². The second-order valence-electron chi connectivity index (χ2n) is 3.20. The predicted octanol–water partition coefficient (Wildman–Crippen LogP) is 2.01. The van der Waals surface area contributed by atoms with Crippen LogP contribution in [0.15, 0.2) is 29.1 Å². The van der Waals surface area contributed by atoms with Crippen LogP contribution >= 0.6 is 11.6 Å². The quantitative estimate of drug-likeness (QED) is 0.767. The van der Waals surface area contributed by atoms with Crippen molar-refractivity contribution >= 4 is 23.2 Å². The van der Waals surface area contributed by atoms with Gasteiger partial charge in [-0.2, -0.15) is 4.98 Å². The predicted molar refractivity (Wildman–Crippen MR) is 61.2 cm³/mol. The fourth-order valence-corrected chi connectivity index (χ4v) is 1.40. The topological polar surface area (TPSA) is 78.0 Å². The molecule has 0 aliphatic rings. The summed E-state index contributed by atoms with van der Waals surface area (Å²) in [5.41, 5.74) is -0.506. The molecular formula is C10H7ClFN3O2. The van der Waals surface area contributed by atoms with Crippen molar-refractivity contribution in [3.63, 3.8) is 0 Å². The van der Waals surface area contributed by atoms with E-state index in [4.69, 9.17) is 16.7 Å². The number of aromatic hydroxyl groups is 1. The van der Waals surface area contributed by atoms with Gasteiger partial charge in [-0.25, -0.2) is 4.39 Å². The summed E-state index contributed by atoms with van der Waals surface area (Å²) in [4.78, 5) is 16.9. The first-order valence-electron chi connectivity index (χ1n) is 4.57. The van der Waals surface area contributed by atoms with Crippen LogP contribution in [0.25, 0.3) is 0 Å². The van der Waals surface area contributed by atoms with Gasteiger partial charge in [0.15, 0.2) is 0 Å². The van der Waals surface area contributed by atoms with E-state index in [2.05, 4.69) is 15.3 Å². The van der Waals surface area contributed by atoms with E-state index in [-0.39, 0.29) is 11.6 Å². The van der Waals surface area contributed by atoms with E-state index < -0.39 is 17.3 Å². The number of nitrogens with zero attached hydrogens (tertiary/aromatic N) is 1. The van der Waals surface area contributed by atoms with Crippen LogP contribution in [0, 0.1) is 5.82 Å². The van der Waals surface area contributed by atoms with E-state index >= 15 is 0 Å². The summed E-state index contributed by atoms with van der Waals surface area (Å²) in [5, 5.41) is 11.9. The molecule has 1 aromatic carbocycles. The molecule has 0 radical (unpaired) electrons. The van der Waals surface area contributed by atoms with Crippen molar-refractivity contribution in [3.8, 4) is 5.88 Å². The lowest BCUT2D eigenvalue weighted by atomic mass is 10.3. The molecule has 17 heavy (non-hydrogen) atoms. The lowest BCUT2D eigenvalue weighted by Crippen LogP contribution is -2.09. The second-order valence-corrected chi connectivity index (χ2v) is 3.64. The third-order valence-corrected chi connectivity index (χ3v) is 2.14. The molecule has 0 saturated carbocycles. The maximum absolute atomic E-state index is 13.4. The molecule has 0 atom stereocenters. The van der Waals surface area contributed by atoms with E-state index in [9.17, 15) is 9.18 Å². The number of hydrogen-bond acceptors (Lipinski definition) is 4.